The molecule has 1 aromatic rings. The van der Waals surface area contributed by atoms with E-state index in [0.29, 0.717) is 17.6 Å². The summed E-state index contributed by atoms with van der Waals surface area (Å²) in [6, 6.07) is 6.91. The van der Waals surface area contributed by atoms with E-state index in [4.69, 9.17) is 22.8 Å². The van der Waals surface area contributed by atoms with Gasteiger partial charge in [-0.2, -0.15) is 0 Å². The average Bonchev–Trinajstić information content (AvgIpc) is 2.20. The van der Waals surface area contributed by atoms with Crippen LogP contribution in [0.5, 0.6) is 5.75 Å². The Morgan fingerprint density at radius 1 is 1.21 bits per heavy atom. The standard InChI is InChI=1S/C10H13BO3/c11-8-1-3-9(4-2-8)14-10(7-13)5-6-12/h1-4,10,12-13H,5-7H2. The summed E-state index contributed by atoms with van der Waals surface area (Å²) in [7, 11) is 5.50. The molecule has 14 heavy (non-hydrogen) atoms. The van der Waals surface area contributed by atoms with Crippen molar-refractivity contribution in [3.63, 3.8) is 0 Å². The molecule has 0 heterocycles. The van der Waals surface area contributed by atoms with Gasteiger partial charge in [0.05, 0.1) is 6.61 Å². The summed E-state index contributed by atoms with van der Waals surface area (Å²) >= 11 is 0. The largest absolute Gasteiger partial charge is 0.488 e. The Morgan fingerprint density at radius 3 is 2.36 bits per heavy atom. The van der Waals surface area contributed by atoms with Crippen molar-refractivity contribution in [3.05, 3.63) is 24.3 Å². The van der Waals surface area contributed by atoms with Gasteiger partial charge in [0.1, 0.15) is 19.7 Å². The van der Waals surface area contributed by atoms with Gasteiger partial charge >= 0.3 is 0 Å². The lowest BCUT2D eigenvalue weighted by atomic mass is 9.97. The highest BCUT2D eigenvalue weighted by molar-refractivity contribution is 6.32. The Morgan fingerprint density at radius 2 is 1.86 bits per heavy atom. The first-order valence-corrected chi connectivity index (χ1v) is 4.50. The van der Waals surface area contributed by atoms with Crippen LogP contribution >= 0.6 is 0 Å². The van der Waals surface area contributed by atoms with Crippen LogP contribution in [0.3, 0.4) is 0 Å². The van der Waals surface area contributed by atoms with Gasteiger partial charge in [0, 0.05) is 13.0 Å². The van der Waals surface area contributed by atoms with Gasteiger partial charge in [-0.3, -0.25) is 0 Å². The topological polar surface area (TPSA) is 49.7 Å². The first-order valence-electron chi connectivity index (χ1n) is 4.50. The minimum atomic E-state index is -0.358. The van der Waals surface area contributed by atoms with Crippen molar-refractivity contribution in [2.45, 2.75) is 12.5 Å². The maximum absolute atomic E-state index is 8.91. The van der Waals surface area contributed by atoms with Crippen molar-refractivity contribution in [2.75, 3.05) is 13.2 Å². The number of hydrogen-bond donors (Lipinski definition) is 2. The molecule has 4 heteroatoms. The molecule has 0 fully saturated rings. The molecule has 2 N–H and O–H groups in total. The second-order valence-electron chi connectivity index (χ2n) is 3.00. The summed E-state index contributed by atoms with van der Waals surface area (Å²) in [5.74, 6) is 0.645. The number of benzene rings is 1. The van der Waals surface area contributed by atoms with Gasteiger partial charge in [-0.05, 0) is 12.1 Å². The van der Waals surface area contributed by atoms with Crippen molar-refractivity contribution in [3.8, 4) is 5.75 Å². The smallest absolute Gasteiger partial charge is 0.124 e. The molecular formula is C10H13BO3. The Bertz CT molecular complexity index is 261. The van der Waals surface area contributed by atoms with Crippen molar-refractivity contribution < 1.29 is 14.9 Å². The predicted molar refractivity (Wildman–Crippen MR) is 55.0 cm³/mol. The summed E-state index contributed by atoms with van der Waals surface area (Å²) in [6.07, 6.45) is 0.0598. The number of aliphatic hydroxyl groups is 2. The summed E-state index contributed by atoms with van der Waals surface area (Å²) in [5, 5.41) is 17.6. The van der Waals surface area contributed by atoms with Crippen LogP contribution in [0.15, 0.2) is 24.3 Å². The van der Waals surface area contributed by atoms with Crippen LogP contribution in [0.25, 0.3) is 0 Å². The second kappa shape index (κ2) is 5.68. The van der Waals surface area contributed by atoms with Gasteiger partial charge in [-0.1, -0.05) is 17.6 Å². The third kappa shape index (κ3) is 3.40. The first-order chi connectivity index (χ1) is 6.76. The van der Waals surface area contributed by atoms with Crippen LogP contribution in [0.2, 0.25) is 0 Å². The van der Waals surface area contributed by atoms with E-state index in [2.05, 4.69) is 0 Å². The molecule has 0 saturated heterocycles. The Kier molecular flexibility index (Phi) is 4.49. The first kappa shape index (κ1) is 11.1. The lowest BCUT2D eigenvalue weighted by Gasteiger charge is -2.15. The minimum absolute atomic E-state index is 0.000198. The van der Waals surface area contributed by atoms with Gasteiger partial charge in [-0.25, -0.2) is 0 Å². The van der Waals surface area contributed by atoms with E-state index >= 15 is 0 Å². The fourth-order valence-corrected chi connectivity index (χ4v) is 1.07. The highest BCUT2D eigenvalue weighted by Gasteiger charge is 2.07. The SMILES string of the molecule is [B]c1ccc(OC(CO)CCO)cc1. The zero-order chi connectivity index (χ0) is 10.4. The summed E-state index contributed by atoms with van der Waals surface area (Å²) in [4.78, 5) is 0. The number of hydrogen-bond acceptors (Lipinski definition) is 3. The predicted octanol–water partition coefficient (Wildman–Crippen LogP) is -0.398. The van der Waals surface area contributed by atoms with Crippen LogP contribution in [0, 0.1) is 0 Å². The Hall–Kier alpha value is -0.995. The summed E-state index contributed by atoms with van der Waals surface area (Å²) in [5.41, 5.74) is 0.667. The molecule has 1 atom stereocenters. The fraction of sp³-hybridized carbons (Fsp3) is 0.400. The van der Waals surface area contributed by atoms with E-state index in [1.807, 2.05) is 0 Å². The maximum atomic E-state index is 8.91. The van der Waals surface area contributed by atoms with Gasteiger partial charge in [0.25, 0.3) is 0 Å². The average molecular weight is 192 g/mol. The quantitative estimate of drug-likeness (QED) is 0.624. The molecule has 0 aliphatic carbocycles. The van der Waals surface area contributed by atoms with Crippen LogP contribution < -0.4 is 10.2 Å². The Labute approximate surface area is 84.7 Å². The molecular weight excluding hydrogens is 179 g/mol. The van der Waals surface area contributed by atoms with E-state index in [9.17, 15) is 0 Å². The molecule has 1 rings (SSSR count). The second-order valence-corrected chi connectivity index (χ2v) is 3.00. The number of ether oxygens (including phenoxy) is 1. The lowest BCUT2D eigenvalue weighted by Crippen LogP contribution is -2.22. The van der Waals surface area contributed by atoms with Crippen molar-refractivity contribution >= 4 is 13.3 Å². The van der Waals surface area contributed by atoms with E-state index in [0.717, 1.165) is 0 Å². The van der Waals surface area contributed by atoms with Crippen molar-refractivity contribution in [1.82, 2.24) is 0 Å². The molecule has 0 aliphatic rings. The maximum Gasteiger partial charge on any atom is 0.124 e. The van der Waals surface area contributed by atoms with Gasteiger partial charge in [0.2, 0.25) is 0 Å². The number of rotatable bonds is 5. The number of aliphatic hydroxyl groups excluding tert-OH is 2. The molecule has 0 aliphatic heterocycles. The zero-order valence-corrected chi connectivity index (χ0v) is 7.89. The Balaban J connectivity index is 2.53. The molecule has 1 unspecified atom stereocenters. The molecule has 0 spiro atoms. The van der Waals surface area contributed by atoms with Gasteiger partial charge < -0.3 is 14.9 Å². The normalized spacial score (nSPS) is 12.4. The van der Waals surface area contributed by atoms with E-state index in [1.54, 1.807) is 24.3 Å². The zero-order valence-electron chi connectivity index (χ0n) is 7.89. The van der Waals surface area contributed by atoms with E-state index in [-0.39, 0.29) is 19.3 Å². The molecule has 0 saturated carbocycles. The highest BCUT2D eigenvalue weighted by atomic mass is 16.5. The molecule has 3 nitrogen and oxygen atoms in total. The van der Waals surface area contributed by atoms with Crippen LogP contribution in [0.1, 0.15) is 6.42 Å². The molecule has 0 aromatic heterocycles. The van der Waals surface area contributed by atoms with E-state index < -0.39 is 0 Å². The molecule has 0 bridgehead atoms. The lowest BCUT2D eigenvalue weighted by molar-refractivity contribution is 0.0906. The molecule has 74 valence electrons. The monoisotopic (exact) mass is 192 g/mol. The summed E-state index contributed by atoms with van der Waals surface area (Å²) in [6.45, 7) is -0.106. The van der Waals surface area contributed by atoms with Crippen LogP contribution in [-0.2, 0) is 0 Å². The van der Waals surface area contributed by atoms with Gasteiger partial charge in [0.15, 0.2) is 0 Å². The highest BCUT2D eigenvalue weighted by Crippen LogP contribution is 2.11. The molecule has 1 aromatic carbocycles. The summed E-state index contributed by atoms with van der Waals surface area (Å²) < 4.78 is 5.39. The van der Waals surface area contributed by atoms with Crippen LogP contribution in [-0.4, -0.2) is 37.4 Å². The van der Waals surface area contributed by atoms with Gasteiger partial charge in [-0.15, -0.1) is 0 Å². The van der Waals surface area contributed by atoms with E-state index in [1.165, 1.54) is 0 Å². The van der Waals surface area contributed by atoms with Crippen molar-refractivity contribution in [2.24, 2.45) is 0 Å². The molecule has 0 amide bonds. The van der Waals surface area contributed by atoms with Crippen LogP contribution in [0.4, 0.5) is 0 Å². The third-order valence-corrected chi connectivity index (χ3v) is 1.84. The molecule has 2 radical (unpaired) electrons. The fourth-order valence-electron chi connectivity index (χ4n) is 1.07. The third-order valence-electron chi connectivity index (χ3n) is 1.84. The van der Waals surface area contributed by atoms with Crippen molar-refractivity contribution in [1.29, 1.82) is 0 Å². The minimum Gasteiger partial charge on any atom is -0.488 e.